The van der Waals surface area contributed by atoms with Gasteiger partial charge >= 0.3 is 5.97 Å². The lowest BCUT2D eigenvalue weighted by atomic mass is 10.1. The van der Waals surface area contributed by atoms with Gasteiger partial charge in [-0.1, -0.05) is 48.5 Å². The Balaban J connectivity index is 1.45. The second kappa shape index (κ2) is 8.56. The quantitative estimate of drug-likeness (QED) is 0.374. The molecular formula is C27H24N2O4. The number of H-pyrrole nitrogens is 1. The molecule has 1 saturated carbocycles. The molecule has 3 aromatic carbocycles. The fraction of sp³-hybridized carbons (Fsp3) is 0.185. The number of fused-ring (bicyclic) bond motifs is 1. The van der Waals surface area contributed by atoms with Crippen LogP contribution < -0.4 is 5.32 Å². The molecule has 4 aromatic rings. The lowest BCUT2D eigenvalue weighted by Gasteiger charge is -2.08. The maximum atomic E-state index is 12.9. The Hall–Kier alpha value is -3.90. The molecule has 0 unspecified atom stereocenters. The Morgan fingerprint density at radius 2 is 1.88 bits per heavy atom. The minimum Gasteiger partial charge on any atom is -0.465 e. The normalized spacial score (nSPS) is 17.0. The van der Waals surface area contributed by atoms with Crippen molar-refractivity contribution in [3.63, 3.8) is 0 Å². The van der Waals surface area contributed by atoms with E-state index < -0.39 is 5.97 Å². The van der Waals surface area contributed by atoms with Gasteiger partial charge in [0, 0.05) is 28.2 Å². The number of carbonyl (C=O) groups is 2. The van der Waals surface area contributed by atoms with E-state index >= 15 is 0 Å². The highest BCUT2D eigenvalue weighted by Crippen LogP contribution is 2.48. The summed E-state index contributed by atoms with van der Waals surface area (Å²) in [5, 5.41) is 13.1. The third-order valence-corrected chi connectivity index (χ3v) is 6.19. The number of aromatic amines is 1. The van der Waals surface area contributed by atoms with Crippen LogP contribution in [0.2, 0.25) is 0 Å². The molecule has 0 radical (unpaired) electrons. The van der Waals surface area contributed by atoms with Crippen LogP contribution in [-0.4, -0.2) is 29.1 Å². The standard InChI is InChI=1S/C27H24N2O4/c1-33-27(32)23-11-19(28-26(31)22-13-20(22)17-7-3-2-4-8-17)12-25-21(23)14-24(29-25)18-9-5-6-16(10-18)15-30/h2-12,14,20,22,29-30H,13,15H2,1H3,(H,28,31)/t20-,22+/m0/s1. The first-order chi connectivity index (χ1) is 16.1. The molecule has 6 heteroatoms. The highest BCUT2D eigenvalue weighted by molar-refractivity contribution is 6.08. The van der Waals surface area contributed by atoms with Crippen molar-refractivity contribution in [1.82, 2.24) is 4.98 Å². The lowest BCUT2D eigenvalue weighted by molar-refractivity contribution is -0.117. The molecule has 0 saturated heterocycles. The number of anilines is 1. The number of benzene rings is 3. The Labute approximate surface area is 191 Å². The van der Waals surface area contributed by atoms with E-state index in [0.717, 1.165) is 23.2 Å². The summed E-state index contributed by atoms with van der Waals surface area (Å²) in [5.74, 6) is -0.378. The van der Waals surface area contributed by atoms with Gasteiger partial charge in [-0.2, -0.15) is 0 Å². The van der Waals surface area contributed by atoms with Crippen molar-refractivity contribution in [2.75, 3.05) is 12.4 Å². The zero-order valence-electron chi connectivity index (χ0n) is 18.2. The zero-order valence-corrected chi connectivity index (χ0v) is 18.2. The maximum Gasteiger partial charge on any atom is 0.338 e. The van der Waals surface area contributed by atoms with Gasteiger partial charge in [0.1, 0.15) is 0 Å². The van der Waals surface area contributed by atoms with Crippen LogP contribution in [0.1, 0.15) is 33.8 Å². The number of rotatable bonds is 6. The summed E-state index contributed by atoms with van der Waals surface area (Å²) in [5.41, 5.74) is 5.30. The third kappa shape index (κ3) is 4.13. The molecule has 0 bridgehead atoms. The molecule has 1 amide bonds. The Morgan fingerprint density at radius 3 is 2.64 bits per heavy atom. The molecule has 1 aliphatic rings. The van der Waals surface area contributed by atoms with Crippen LogP contribution in [0.15, 0.2) is 72.8 Å². The average Bonchev–Trinajstić information content (AvgIpc) is 3.55. The number of methoxy groups -OCH3 is 1. The molecule has 3 N–H and O–H groups in total. The number of hydrogen-bond donors (Lipinski definition) is 3. The van der Waals surface area contributed by atoms with E-state index in [0.29, 0.717) is 22.2 Å². The first-order valence-electron chi connectivity index (χ1n) is 10.9. The molecule has 1 heterocycles. The van der Waals surface area contributed by atoms with Gasteiger partial charge in [0.15, 0.2) is 0 Å². The van der Waals surface area contributed by atoms with Crippen LogP contribution in [0.4, 0.5) is 5.69 Å². The van der Waals surface area contributed by atoms with Gasteiger partial charge in [-0.15, -0.1) is 0 Å². The summed E-state index contributed by atoms with van der Waals surface area (Å²) in [6, 6.07) is 23.0. The largest absolute Gasteiger partial charge is 0.465 e. The van der Waals surface area contributed by atoms with E-state index in [4.69, 9.17) is 4.74 Å². The van der Waals surface area contributed by atoms with Gasteiger partial charge in [-0.05, 0) is 53.3 Å². The molecule has 1 fully saturated rings. The molecule has 166 valence electrons. The van der Waals surface area contributed by atoms with E-state index in [-0.39, 0.29) is 24.3 Å². The van der Waals surface area contributed by atoms with E-state index in [2.05, 4.69) is 10.3 Å². The van der Waals surface area contributed by atoms with Crippen molar-refractivity contribution in [3.8, 4) is 11.3 Å². The van der Waals surface area contributed by atoms with E-state index in [1.54, 1.807) is 6.07 Å². The Kier molecular flexibility index (Phi) is 5.44. The summed E-state index contributed by atoms with van der Waals surface area (Å²) in [6.45, 7) is -0.0528. The summed E-state index contributed by atoms with van der Waals surface area (Å²) in [6.07, 6.45) is 0.815. The highest BCUT2D eigenvalue weighted by Gasteiger charge is 2.43. The van der Waals surface area contributed by atoms with Crippen LogP contribution >= 0.6 is 0 Å². The van der Waals surface area contributed by atoms with Crippen molar-refractivity contribution in [3.05, 3.63) is 89.5 Å². The molecule has 6 nitrogen and oxygen atoms in total. The van der Waals surface area contributed by atoms with Gasteiger partial charge in [-0.3, -0.25) is 4.79 Å². The minimum atomic E-state index is -0.473. The number of aromatic nitrogens is 1. The number of carbonyl (C=O) groups excluding carboxylic acids is 2. The average molecular weight is 440 g/mol. The summed E-state index contributed by atoms with van der Waals surface area (Å²) in [7, 11) is 1.34. The van der Waals surface area contributed by atoms with E-state index in [1.165, 1.54) is 12.7 Å². The summed E-state index contributed by atoms with van der Waals surface area (Å²) in [4.78, 5) is 28.7. The SMILES string of the molecule is COC(=O)c1cc(NC(=O)[C@@H]2C[C@H]2c2ccccc2)cc2[nH]c(-c3cccc(CO)c3)cc12. The zero-order chi connectivity index (χ0) is 22.9. The Morgan fingerprint density at radius 1 is 1.06 bits per heavy atom. The first-order valence-corrected chi connectivity index (χ1v) is 10.9. The smallest absolute Gasteiger partial charge is 0.338 e. The summed E-state index contributed by atoms with van der Waals surface area (Å²) < 4.78 is 4.99. The second-order valence-electron chi connectivity index (χ2n) is 8.37. The number of hydrogen-bond acceptors (Lipinski definition) is 4. The van der Waals surface area contributed by atoms with E-state index in [9.17, 15) is 14.7 Å². The number of aliphatic hydroxyl groups is 1. The number of aliphatic hydroxyl groups excluding tert-OH is 1. The van der Waals surface area contributed by atoms with Gasteiger partial charge in [0.2, 0.25) is 5.91 Å². The topological polar surface area (TPSA) is 91.4 Å². The number of nitrogens with one attached hydrogen (secondary N) is 2. The predicted octanol–water partition coefficient (Wildman–Crippen LogP) is 4.86. The van der Waals surface area contributed by atoms with Gasteiger partial charge in [0.25, 0.3) is 0 Å². The molecule has 2 atom stereocenters. The van der Waals surface area contributed by atoms with Crippen molar-refractivity contribution in [2.45, 2.75) is 18.9 Å². The molecule has 0 spiro atoms. The molecule has 33 heavy (non-hydrogen) atoms. The predicted molar refractivity (Wildman–Crippen MR) is 127 cm³/mol. The minimum absolute atomic E-state index is 0.0528. The third-order valence-electron chi connectivity index (χ3n) is 6.19. The van der Waals surface area contributed by atoms with Crippen molar-refractivity contribution in [2.24, 2.45) is 5.92 Å². The highest BCUT2D eigenvalue weighted by atomic mass is 16.5. The van der Waals surface area contributed by atoms with Gasteiger partial charge < -0.3 is 20.1 Å². The molecule has 1 aromatic heterocycles. The molecular weight excluding hydrogens is 416 g/mol. The van der Waals surface area contributed by atoms with Crippen LogP contribution in [0.25, 0.3) is 22.2 Å². The van der Waals surface area contributed by atoms with Crippen molar-refractivity contribution >= 4 is 28.5 Å². The molecule has 5 rings (SSSR count). The lowest BCUT2D eigenvalue weighted by Crippen LogP contribution is -2.15. The van der Waals surface area contributed by atoms with Gasteiger partial charge in [0.05, 0.1) is 19.3 Å². The number of esters is 1. The van der Waals surface area contributed by atoms with Crippen molar-refractivity contribution < 1.29 is 19.4 Å². The van der Waals surface area contributed by atoms with Crippen LogP contribution in [0.5, 0.6) is 0 Å². The Bertz CT molecular complexity index is 1340. The van der Waals surface area contributed by atoms with Crippen molar-refractivity contribution in [1.29, 1.82) is 0 Å². The molecule has 0 aliphatic heterocycles. The fourth-order valence-corrected chi connectivity index (χ4v) is 4.37. The number of amides is 1. The maximum absolute atomic E-state index is 12.9. The molecule has 1 aliphatic carbocycles. The van der Waals surface area contributed by atoms with Crippen LogP contribution in [-0.2, 0) is 16.1 Å². The fourth-order valence-electron chi connectivity index (χ4n) is 4.37. The summed E-state index contributed by atoms with van der Waals surface area (Å²) >= 11 is 0. The van der Waals surface area contributed by atoms with Crippen LogP contribution in [0, 0.1) is 5.92 Å². The first kappa shape index (κ1) is 21.0. The van der Waals surface area contributed by atoms with Crippen LogP contribution in [0.3, 0.4) is 0 Å². The monoisotopic (exact) mass is 440 g/mol. The second-order valence-corrected chi connectivity index (χ2v) is 8.37. The van der Waals surface area contributed by atoms with E-state index in [1.807, 2.05) is 66.7 Å². The number of ether oxygens (including phenoxy) is 1. The van der Waals surface area contributed by atoms with Gasteiger partial charge in [-0.25, -0.2) is 4.79 Å².